The van der Waals surface area contributed by atoms with Crippen molar-refractivity contribution < 1.29 is 32.0 Å². The molecule has 0 radical (unpaired) electrons. The van der Waals surface area contributed by atoms with E-state index in [0.29, 0.717) is 5.46 Å². The summed E-state index contributed by atoms with van der Waals surface area (Å²) in [4.78, 5) is 12.4. The van der Waals surface area contributed by atoms with Gasteiger partial charge in [-0.15, -0.1) is 0 Å². The van der Waals surface area contributed by atoms with Crippen LogP contribution in [-0.2, 0) is 9.31 Å². The van der Waals surface area contributed by atoms with Crippen molar-refractivity contribution in [1.29, 1.82) is 0 Å². The van der Waals surface area contributed by atoms with Gasteiger partial charge in [-0.1, -0.05) is 6.07 Å². The van der Waals surface area contributed by atoms with Crippen LogP contribution in [-0.4, -0.2) is 43.1 Å². The second-order valence-electron chi connectivity index (χ2n) is 8.08. The van der Waals surface area contributed by atoms with Crippen LogP contribution in [0.3, 0.4) is 0 Å². The summed E-state index contributed by atoms with van der Waals surface area (Å²) in [6.07, 6.45) is -4.70. The van der Waals surface area contributed by atoms with Crippen LogP contribution in [0.5, 0.6) is 5.75 Å². The SMILES string of the molecule is COc1cc(B2OC(C)(C)C(C)(C)O2)ccc1C(=O)NC1(C(F)(F)F)CC1. The number of hydrogen-bond donors (Lipinski definition) is 1. The number of methoxy groups -OCH3 is 1. The van der Waals surface area contributed by atoms with E-state index < -0.39 is 35.9 Å². The molecule has 2 fully saturated rings. The summed E-state index contributed by atoms with van der Waals surface area (Å²) in [5.74, 6) is -0.653. The van der Waals surface area contributed by atoms with Crippen molar-refractivity contribution >= 4 is 18.5 Å². The molecule has 1 heterocycles. The van der Waals surface area contributed by atoms with Gasteiger partial charge in [0.2, 0.25) is 0 Å². The number of benzene rings is 1. The molecule has 0 aromatic heterocycles. The maximum Gasteiger partial charge on any atom is 0.494 e. The predicted octanol–water partition coefficient (Wildman–Crippen LogP) is 2.82. The molecule has 9 heteroatoms. The Morgan fingerprint density at radius 3 is 2.15 bits per heavy atom. The zero-order valence-corrected chi connectivity index (χ0v) is 16.0. The lowest BCUT2D eigenvalue weighted by Gasteiger charge is -2.32. The lowest BCUT2D eigenvalue weighted by Crippen LogP contribution is -2.48. The third-order valence-corrected chi connectivity index (χ3v) is 5.64. The summed E-state index contributed by atoms with van der Waals surface area (Å²) in [6, 6.07) is 4.60. The van der Waals surface area contributed by atoms with E-state index in [4.69, 9.17) is 14.0 Å². The monoisotopic (exact) mass is 385 g/mol. The maximum atomic E-state index is 13.1. The number of hydrogen-bond acceptors (Lipinski definition) is 4. The molecule has 1 aromatic carbocycles. The van der Waals surface area contributed by atoms with E-state index in [1.165, 1.54) is 13.2 Å². The van der Waals surface area contributed by atoms with Crippen LogP contribution in [0.1, 0.15) is 50.9 Å². The smallest absolute Gasteiger partial charge is 0.494 e. The molecule has 1 saturated heterocycles. The number of carbonyl (C=O) groups is 1. The molecule has 2 aliphatic rings. The quantitative estimate of drug-likeness (QED) is 0.810. The van der Waals surface area contributed by atoms with Gasteiger partial charge in [0, 0.05) is 0 Å². The zero-order chi connectivity index (χ0) is 20.3. The first-order valence-electron chi connectivity index (χ1n) is 8.75. The normalized spacial score (nSPS) is 22.4. The highest BCUT2D eigenvalue weighted by Crippen LogP contribution is 2.49. The Hall–Kier alpha value is -1.74. The summed E-state index contributed by atoms with van der Waals surface area (Å²) in [6.45, 7) is 7.66. The molecule has 1 aromatic rings. The van der Waals surface area contributed by atoms with Crippen molar-refractivity contribution in [3.05, 3.63) is 23.8 Å². The van der Waals surface area contributed by atoms with E-state index in [1.54, 1.807) is 12.1 Å². The number of amides is 1. The molecular weight excluding hydrogens is 362 g/mol. The van der Waals surface area contributed by atoms with Crippen LogP contribution in [0.2, 0.25) is 0 Å². The van der Waals surface area contributed by atoms with Gasteiger partial charge in [-0.2, -0.15) is 13.2 Å². The Balaban J connectivity index is 1.83. The molecular formula is C18H23BF3NO4. The molecule has 1 N–H and O–H groups in total. The fourth-order valence-electron chi connectivity index (χ4n) is 2.91. The second kappa shape index (κ2) is 6.14. The number of alkyl halides is 3. The van der Waals surface area contributed by atoms with Gasteiger partial charge in [0.15, 0.2) is 0 Å². The third kappa shape index (κ3) is 3.42. The van der Waals surface area contributed by atoms with Gasteiger partial charge in [0.1, 0.15) is 11.3 Å². The van der Waals surface area contributed by atoms with Crippen molar-refractivity contribution in [2.45, 2.75) is 63.5 Å². The Labute approximate surface area is 156 Å². The van der Waals surface area contributed by atoms with Gasteiger partial charge in [-0.3, -0.25) is 4.79 Å². The highest BCUT2D eigenvalue weighted by Gasteiger charge is 2.64. The van der Waals surface area contributed by atoms with Crippen molar-refractivity contribution in [2.24, 2.45) is 0 Å². The number of halogens is 3. The van der Waals surface area contributed by atoms with E-state index in [0.717, 1.165) is 0 Å². The molecule has 0 bridgehead atoms. The molecule has 0 atom stereocenters. The molecule has 0 unspecified atom stereocenters. The molecule has 27 heavy (non-hydrogen) atoms. The van der Waals surface area contributed by atoms with Crippen LogP contribution >= 0.6 is 0 Å². The van der Waals surface area contributed by atoms with Crippen molar-refractivity contribution in [3.8, 4) is 5.75 Å². The minimum absolute atomic E-state index is 0.0355. The lowest BCUT2D eigenvalue weighted by atomic mass is 9.78. The molecule has 5 nitrogen and oxygen atoms in total. The molecule has 148 valence electrons. The Morgan fingerprint density at radius 1 is 1.15 bits per heavy atom. The van der Waals surface area contributed by atoms with Gasteiger partial charge in [0.25, 0.3) is 5.91 Å². The number of nitrogens with one attached hydrogen (secondary N) is 1. The van der Waals surface area contributed by atoms with E-state index in [-0.39, 0.29) is 24.2 Å². The van der Waals surface area contributed by atoms with Crippen LogP contribution in [0, 0.1) is 0 Å². The van der Waals surface area contributed by atoms with Crippen molar-refractivity contribution in [2.75, 3.05) is 7.11 Å². The van der Waals surface area contributed by atoms with Crippen LogP contribution < -0.4 is 15.5 Å². The van der Waals surface area contributed by atoms with Gasteiger partial charge >= 0.3 is 13.3 Å². The summed E-state index contributed by atoms with van der Waals surface area (Å²) in [5, 5.41) is 2.11. The number of rotatable bonds is 4. The topological polar surface area (TPSA) is 56.8 Å². The van der Waals surface area contributed by atoms with Crippen molar-refractivity contribution in [1.82, 2.24) is 5.32 Å². The molecule has 3 rings (SSSR count). The predicted molar refractivity (Wildman–Crippen MR) is 94.2 cm³/mol. The van der Waals surface area contributed by atoms with Gasteiger partial charge in [0.05, 0.1) is 23.9 Å². The fraction of sp³-hybridized carbons (Fsp3) is 0.611. The van der Waals surface area contributed by atoms with Gasteiger partial charge in [-0.05, 0) is 58.1 Å². The van der Waals surface area contributed by atoms with E-state index in [2.05, 4.69) is 5.32 Å². The average molecular weight is 385 g/mol. The first kappa shape index (κ1) is 20.0. The molecule has 1 amide bonds. The van der Waals surface area contributed by atoms with Crippen LogP contribution in [0.25, 0.3) is 0 Å². The zero-order valence-electron chi connectivity index (χ0n) is 16.0. The summed E-state index contributed by atoms with van der Waals surface area (Å²) < 4.78 is 56.4. The molecule has 1 aliphatic heterocycles. The molecule has 1 saturated carbocycles. The third-order valence-electron chi connectivity index (χ3n) is 5.64. The Bertz CT molecular complexity index is 743. The minimum atomic E-state index is -4.47. The Morgan fingerprint density at radius 2 is 1.70 bits per heavy atom. The highest BCUT2D eigenvalue weighted by molar-refractivity contribution is 6.62. The summed E-state index contributed by atoms with van der Waals surface area (Å²) >= 11 is 0. The second-order valence-corrected chi connectivity index (χ2v) is 8.08. The maximum absolute atomic E-state index is 13.1. The van der Waals surface area contributed by atoms with Gasteiger partial charge in [-0.25, -0.2) is 0 Å². The molecule has 0 spiro atoms. The first-order chi connectivity index (χ1) is 12.3. The van der Waals surface area contributed by atoms with Crippen LogP contribution in [0.4, 0.5) is 13.2 Å². The number of carbonyl (C=O) groups excluding carboxylic acids is 1. The summed E-state index contributed by atoms with van der Waals surface area (Å²) in [7, 11) is 0.697. The lowest BCUT2D eigenvalue weighted by molar-refractivity contribution is -0.163. The first-order valence-corrected chi connectivity index (χ1v) is 8.75. The van der Waals surface area contributed by atoms with Gasteiger partial charge < -0.3 is 19.4 Å². The Kier molecular flexibility index (Phi) is 4.55. The largest absolute Gasteiger partial charge is 0.496 e. The van der Waals surface area contributed by atoms with E-state index >= 15 is 0 Å². The fourth-order valence-corrected chi connectivity index (χ4v) is 2.91. The summed E-state index contributed by atoms with van der Waals surface area (Å²) in [5.41, 5.74) is -2.54. The minimum Gasteiger partial charge on any atom is -0.496 e. The van der Waals surface area contributed by atoms with E-state index in [9.17, 15) is 18.0 Å². The highest BCUT2D eigenvalue weighted by atomic mass is 19.4. The number of ether oxygens (including phenoxy) is 1. The van der Waals surface area contributed by atoms with Crippen molar-refractivity contribution in [3.63, 3.8) is 0 Å². The van der Waals surface area contributed by atoms with E-state index in [1.807, 2.05) is 27.7 Å². The standard InChI is InChI=1S/C18H23BF3NO4/c1-15(2)16(3,4)27-19(26-15)11-6-7-12(13(10-11)25-5)14(24)23-17(8-9-17)18(20,21)22/h6-7,10H,8-9H2,1-5H3,(H,23,24). The van der Waals surface area contributed by atoms with Crippen LogP contribution in [0.15, 0.2) is 18.2 Å². The molecule has 1 aliphatic carbocycles. The average Bonchev–Trinajstić information content (AvgIpc) is 3.29.